The van der Waals surface area contributed by atoms with Crippen LogP contribution in [0.15, 0.2) is 0 Å². The molecule has 0 atom stereocenters. The SMILES string of the molecule is CN(CCCCCBr)C(=O)CC1CCC1. The van der Waals surface area contributed by atoms with Gasteiger partial charge in [0.15, 0.2) is 0 Å². The molecule has 0 aromatic heterocycles. The predicted octanol–water partition coefficient (Wildman–Crippen LogP) is 3.20. The zero-order valence-electron chi connectivity index (χ0n) is 9.67. The van der Waals surface area contributed by atoms with Crippen molar-refractivity contribution in [2.75, 3.05) is 18.9 Å². The zero-order valence-corrected chi connectivity index (χ0v) is 11.3. The first kappa shape index (κ1) is 13.0. The number of carbonyl (C=O) groups excluding carboxylic acids is 1. The second kappa shape index (κ2) is 7.26. The highest BCUT2D eigenvalue weighted by Crippen LogP contribution is 2.29. The van der Waals surface area contributed by atoms with Crippen LogP contribution in [0.2, 0.25) is 0 Å². The maximum Gasteiger partial charge on any atom is 0.222 e. The molecule has 0 aliphatic heterocycles. The Hall–Kier alpha value is -0.0500. The average molecular weight is 276 g/mol. The van der Waals surface area contributed by atoms with Gasteiger partial charge >= 0.3 is 0 Å². The van der Waals surface area contributed by atoms with Crippen LogP contribution in [0.4, 0.5) is 0 Å². The summed E-state index contributed by atoms with van der Waals surface area (Å²) in [6.07, 6.45) is 8.21. The molecule has 88 valence electrons. The van der Waals surface area contributed by atoms with Crippen molar-refractivity contribution in [3.8, 4) is 0 Å². The van der Waals surface area contributed by atoms with Crippen molar-refractivity contribution in [3.05, 3.63) is 0 Å². The molecule has 1 fully saturated rings. The lowest BCUT2D eigenvalue weighted by Gasteiger charge is -2.27. The van der Waals surface area contributed by atoms with Crippen molar-refractivity contribution < 1.29 is 4.79 Å². The van der Waals surface area contributed by atoms with Gasteiger partial charge in [0, 0.05) is 25.3 Å². The lowest BCUT2D eigenvalue weighted by atomic mass is 9.83. The van der Waals surface area contributed by atoms with E-state index >= 15 is 0 Å². The summed E-state index contributed by atoms with van der Waals surface area (Å²) in [7, 11) is 1.94. The highest BCUT2D eigenvalue weighted by molar-refractivity contribution is 9.09. The molecular formula is C12H22BrNO. The van der Waals surface area contributed by atoms with E-state index in [4.69, 9.17) is 0 Å². The first-order chi connectivity index (χ1) is 7.24. The van der Waals surface area contributed by atoms with Crippen LogP contribution in [-0.4, -0.2) is 29.7 Å². The molecule has 2 nitrogen and oxygen atoms in total. The van der Waals surface area contributed by atoms with Gasteiger partial charge in [-0.15, -0.1) is 0 Å². The summed E-state index contributed by atoms with van der Waals surface area (Å²) < 4.78 is 0. The highest BCUT2D eigenvalue weighted by Gasteiger charge is 2.21. The number of hydrogen-bond donors (Lipinski definition) is 0. The molecule has 0 heterocycles. The molecule has 0 bridgehead atoms. The molecule has 3 heteroatoms. The minimum atomic E-state index is 0.346. The van der Waals surface area contributed by atoms with Gasteiger partial charge in [0.1, 0.15) is 0 Å². The Morgan fingerprint density at radius 3 is 2.60 bits per heavy atom. The van der Waals surface area contributed by atoms with Gasteiger partial charge in [-0.1, -0.05) is 28.8 Å². The molecule has 0 radical (unpaired) electrons. The maximum atomic E-state index is 11.7. The third-order valence-electron chi connectivity index (χ3n) is 3.24. The summed E-state index contributed by atoms with van der Waals surface area (Å²) in [5.74, 6) is 1.04. The van der Waals surface area contributed by atoms with E-state index in [2.05, 4.69) is 15.9 Å². The van der Waals surface area contributed by atoms with Gasteiger partial charge in [-0.05, 0) is 31.6 Å². The Morgan fingerprint density at radius 2 is 2.07 bits per heavy atom. The third-order valence-corrected chi connectivity index (χ3v) is 3.80. The topological polar surface area (TPSA) is 20.3 Å². The van der Waals surface area contributed by atoms with Gasteiger partial charge in [0.25, 0.3) is 0 Å². The fraction of sp³-hybridized carbons (Fsp3) is 0.917. The number of rotatable bonds is 7. The van der Waals surface area contributed by atoms with E-state index in [1.165, 1.54) is 32.1 Å². The van der Waals surface area contributed by atoms with Gasteiger partial charge in [0.2, 0.25) is 5.91 Å². The van der Waals surface area contributed by atoms with Gasteiger partial charge in [0.05, 0.1) is 0 Å². The van der Waals surface area contributed by atoms with Crippen molar-refractivity contribution >= 4 is 21.8 Å². The molecule has 15 heavy (non-hydrogen) atoms. The van der Waals surface area contributed by atoms with Crippen LogP contribution in [0.1, 0.15) is 44.9 Å². The Labute approximate surface area is 102 Å². The molecule has 0 unspecified atom stereocenters. The fourth-order valence-corrected chi connectivity index (χ4v) is 2.24. The normalized spacial score (nSPS) is 16.1. The molecule has 0 aromatic carbocycles. The smallest absolute Gasteiger partial charge is 0.222 e. The van der Waals surface area contributed by atoms with Crippen molar-refractivity contribution in [1.29, 1.82) is 0 Å². The number of nitrogens with zero attached hydrogens (tertiary/aromatic N) is 1. The lowest BCUT2D eigenvalue weighted by Crippen LogP contribution is -2.30. The van der Waals surface area contributed by atoms with Gasteiger partial charge in [-0.2, -0.15) is 0 Å². The summed E-state index contributed by atoms with van der Waals surface area (Å²) in [4.78, 5) is 13.6. The molecule has 0 aromatic rings. The molecule has 1 saturated carbocycles. The van der Waals surface area contributed by atoms with Crippen LogP contribution in [0.3, 0.4) is 0 Å². The van der Waals surface area contributed by atoms with Crippen LogP contribution in [0.25, 0.3) is 0 Å². The van der Waals surface area contributed by atoms with Gasteiger partial charge in [-0.25, -0.2) is 0 Å². The molecule has 0 saturated heterocycles. The molecule has 1 rings (SSSR count). The summed E-state index contributed by atoms with van der Waals surface area (Å²) in [5.41, 5.74) is 0. The maximum absolute atomic E-state index is 11.7. The molecular weight excluding hydrogens is 254 g/mol. The van der Waals surface area contributed by atoms with E-state index in [-0.39, 0.29) is 0 Å². The number of hydrogen-bond acceptors (Lipinski definition) is 1. The standard InChI is InChI=1S/C12H22BrNO/c1-14(9-4-2-3-8-13)12(15)10-11-6-5-7-11/h11H,2-10H2,1H3. The minimum absolute atomic E-state index is 0.346. The van der Waals surface area contributed by atoms with Crippen LogP contribution in [-0.2, 0) is 4.79 Å². The summed E-state index contributed by atoms with van der Waals surface area (Å²) >= 11 is 3.41. The Kier molecular flexibility index (Phi) is 6.30. The lowest BCUT2D eigenvalue weighted by molar-refractivity contribution is -0.131. The van der Waals surface area contributed by atoms with Crippen LogP contribution in [0, 0.1) is 5.92 Å². The molecule has 0 N–H and O–H groups in total. The number of amides is 1. The van der Waals surface area contributed by atoms with Crippen LogP contribution < -0.4 is 0 Å². The van der Waals surface area contributed by atoms with E-state index in [1.54, 1.807) is 0 Å². The quantitative estimate of drug-likeness (QED) is 0.516. The molecule has 1 aliphatic carbocycles. The zero-order chi connectivity index (χ0) is 11.1. The number of alkyl halides is 1. The second-order valence-corrected chi connectivity index (χ2v) is 5.36. The number of unbranched alkanes of at least 4 members (excludes halogenated alkanes) is 2. The highest BCUT2D eigenvalue weighted by atomic mass is 79.9. The summed E-state index contributed by atoms with van der Waals surface area (Å²) in [5, 5.41) is 1.08. The Balaban J connectivity index is 2.03. The van der Waals surface area contributed by atoms with Gasteiger partial charge < -0.3 is 4.90 Å². The van der Waals surface area contributed by atoms with Crippen molar-refractivity contribution in [2.24, 2.45) is 5.92 Å². The van der Waals surface area contributed by atoms with Crippen LogP contribution in [0.5, 0.6) is 0 Å². The number of halogens is 1. The van der Waals surface area contributed by atoms with Gasteiger partial charge in [-0.3, -0.25) is 4.79 Å². The Morgan fingerprint density at radius 1 is 1.33 bits per heavy atom. The van der Waals surface area contributed by atoms with E-state index < -0.39 is 0 Å². The monoisotopic (exact) mass is 275 g/mol. The van der Waals surface area contributed by atoms with Crippen molar-refractivity contribution in [2.45, 2.75) is 44.9 Å². The van der Waals surface area contributed by atoms with E-state index in [1.807, 2.05) is 11.9 Å². The first-order valence-corrected chi connectivity index (χ1v) is 7.16. The fourth-order valence-electron chi connectivity index (χ4n) is 1.84. The van der Waals surface area contributed by atoms with E-state index in [0.717, 1.165) is 24.7 Å². The van der Waals surface area contributed by atoms with E-state index in [0.29, 0.717) is 11.8 Å². The second-order valence-electron chi connectivity index (χ2n) is 4.57. The molecule has 1 aliphatic rings. The van der Waals surface area contributed by atoms with Crippen molar-refractivity contribution in [3.63, 3.8) is 0 Å². The third kappa shape index (κ3) is 5.01. The van der Waals surface area contributed by atoms with E-state index in [9.17, 15) is 4.79 Å². The largest absolute Gasteiger partial charge is 0.346 e. The van der Waals surface area contributed by atoms with Crippen LogP contribution >= 0.6 is 15.9 Å². The first-order valence-electron chi connectivity index (χ1n) is 6.04. The predicted molar refractivity (Wildman–Crippen MR) is 67.2 cm³/mol. The summed E-state index contributed by atoms with van der Waals surface area (Å²) in [6, 6.07) is 0. The molecule has 1 amide bonds. The van der Waals surface area contributed by atoms with Crippen molar-refractivity contribution in [1.82, 2.24) is 4.90 Å². The Bertz CT molecular complexity index is 192. The summed E-state index contributed by atoms with van der Waals surface area (Å²) in [6.45, 7) is 0.929. The average Bonchev–Trinajstić information content (AvgIpc) is 2.17. The minimum Gasteiger partial charge on any atom is -0.346 e. The molecule has 0 spiro atoms. The number of carbonyl (C=O) groups is 1.